The minimum atomic E-state index is -0.460. The Kier molecular flexibility index (Phi) is 7.74. The Hall–Kier alpha value is -3.24. The lowest BCUT2D eigenvalue weighted by Gasteiger charge is -2.19. The van der Waals surface area contributed by atoms with E-state index in [9.17, 15) is 9.90 Å². The number of hydrogen-bond donors (Lipinski definition) is 4. The molecule has 3 rings (SSSR count). The molecule has 0 aliphatic heterocycles. The van der Waals surface area contributed by atoms with Gasteiger partial charge in [-0.05, 0) is 31.0 Å². The molecule has 5 N–H and O–H groups in total. The van der Waals surface area contributed by atoms with Crippen LogP contribution in [0.25, 0.3) is 10.9 Å². The highest BCUT2D eigenvalue weighted by molar-refractivity contribution is 5.91. The number of aliphatic hydroxyl groups is 1. The zero-order valence-electron chi connectivity index (χ0n) is 17.8. The van der Waals surface area contributed by atoms with E-state index in [1.807, 2.05) is 18.2 Å². The number of nitrogens with two attached hydrogens (primary N) is 1. The average Bonchev–Trinajstić information content (AvgIpc) is 3.16. The highest BCUT2D eigenvalue weighted by Gasteiger charge is 2.11. The number of benzene rings is 1. The van der Waals surface area contributed by atoms with Crippen LogP contribution >= 0.6 is 0 Å². The lowest BCUT2D eigenvalue weighted by molar-refractivity contribution is -0.118. The van der Waals surface area contributed by atoms with Crippen molar-refractivity contribution in [1.29, 1.82) is 0 Å². The number of anilines is 2. The van der Waals surface area contributed by atoms with Crippen molar-refractivity contribution in [3.05, 3.63) is 36.9 Å². The third-order valence-electron chi connectivity index (χ3n) is 4.82. The number of hydrogen-bond acceptors (Lipinski definition) is 8. The summed E-state index contributed by atoms with van der Waals surface area (Å²) >= 11 is 0. The summed E-state index contributed by atoms with van der Waals surface area (Å²) in [7, 11) is 0. The molecule has 0 spiro atoms. The molecular weight excluding hydrogens is 398 g/mol. The molecule has 0 fully saturated rings. The normalized spacial score (nSPS) is 12.3. The summed E-state index contributed by atoms with van der Waals surface area (Å²) in [4.78, 5) is 19.7. The van der Waals surface area contributed by atoms with Crippen LogP contribution in [0.4, 0.5) is 11.5 Å². The van der Waals surface area contributed by atoms with Crippen LogP contribution in [-0.4, -0.2) is 56.6 Å². The predicted octanol–water partition coefficient (Wildman–Crippen LogP) is 1.43. The van der Waals surface area contributed by atoms with Crippen LogP contribution in [0.15, 0.2) is 36.9 Å². The first kappa shape index (κ1) is 22.4. The molecule has 0 aliphatic carbocycles. The quantitative estimate of drug-likeness (QED) is 0.318. The van der Waals surface area contributed by atoms with Gasteiger partial charge in [-0.2, -0.15) is 5.10 Å². The summed E-state index contributed by atoms with van der Waals surface area (Å²) in [5.41, 5.74) is 6.63. The van der Waals surface area contributed by atoms with Gasteiger partial charge in [0.05, 0.1) is 30.6 Å². The molecule has 1 unspecified atom stereocenters. The van der Waals surface area contributed by atoms with Gasteiger partial charge in [0.25, 0.3) is 0 Å². The van der Waals surface area contributed by atoms with Crippen LogP contribution < -0.4 is 21.1 Å². The second-order valence-corrected chi connectivity index (χ2v) is 7.61. The fourth-order valence-electron chi connectivity index (χ4n) is 3.10. The first-order valence-electron chi connectivity index (χ1n) is 10.3. The van der Waals surface area contributed by atoms with Gasteiger partial charge in [-0.3, -0.25) is 9.48 Å². The first-order valence-corrected chi connectivity index (χ1v) is 10.3. The van der Waals surface area contributed by atoms with Crippen LogP contribution in [-0.2, 0) is 11.3 Å². The molecule has 1 atom stereocenters. The number of ether oxygens (including phenoxy) is 1. The van der Waals surface area contributed by atoms with Gasteiger partial charge < -0.3 is 26.2 Å². The summed E-state index contributed by atoms with van der Waals surface area (Å²) in [6.45, 7) is 5.64. The molecule has 10 heteroatoms. The van der Waals surface area contributed by atoms with Crippen molar-refractivity contribution in [1.82, 2.24) is 25.1 Å². The number of carbonyl (C=O) groups is 1. The van der Waals surface area contributed by atoms with Crippen molar-refractivity contribution in [2.75, 3.05) is 25.1 Å². The largest absolute Gasteiger partial charge is 0.493 e. The van der Waals surface area contributed by atoms with E-state index in [1.54, 1.807) is 12.4 Å². The molecule has 2 heterocycles. The zero-order chi connectivity index (χ0) is 22.2. The van der Waals surface area contributed by atoms with Crippen molar-refractivity contribution in [3.63, 3.8) is 0 Å². The lowest BCUT2D eigenvalue weighted by atomic mass is 10.1. The van der Waals surface area contributed by atoms with E-state index in [0.717, 1.165) is 29.6 Å². The fraction of sp³-hybridized carbons (Fsp3) is 0.429. The van der Waals surface area contributed by atoms with E-state index >= 15 is 0 Å². The average molecular weight is 428 g/mol. The molecule has 0 saturated heterocycles. The Morgan fingerprint density at radius 3 is 2.90 bits per heavy atom. The molecule has 1 aromatic carbocycles. The van der Waals surface area contributed by atoms with E-state index in [0.29, 0.717) is 24.0 Å². The van der Waals surface area contributed by atoms with Crippen molar-refractivity contribution in [2.24, 2.45) is 11.7 Å². The van der Waals surface area contributed by atoms with Crippen molar-refractivity contribution in [2.45, 2.75) is 32.9 Å². The Bertz CT molecular complexity index is 1010. The molecule has 0 saturated carbocycles. The molecule has 31 heavy (non-hydrogen) atoms. The van der Waals surface area contributed by atoms with Gasteiger partial charge in [0.15, 0.2) is 0 Å². The van der Waals surface area contributed by atoms with Crippen molar-refractivity contribution >= 4 is 28.3 Å². The SMILES string of the molecule is CC(C)C(CO)NCCCOc1ccc2c(Nc3cnn(CC(N)=O)c3)ncnc2c1. The summed E-state index contributed by atoms with van der Waals surface area (Å²) in [5.74, 6) is 1.28. The Labute approximate surface area is 180 Å². The highest BCUT2D eigenvalue weighted by Crippen LogP contribution is 2.26. The molecule has 3 aromatic rings. The monoisotopic (exact) mass is 427 g/mol. The van der Waals surface area contributed by atoms with E-state index in [1.165, 1.54) is 11.0 Å². The first-order chi connectivity index (χ1) is 15.0. The summed E-state index contributed by atoms with van der Waals surface area (Å²) in [6, 6.07) is 5.76. The third-order valence-corrected chi connectivity index (χ3v) is 4.82. The van der Waals surface area contributed by atoms with E-state index in [4.69, 9.17) is 10.5 Å². The number of amides is 1. The second kappa shape index (κ2) is 10.7. The Morgan fingerprint density at radius 2 is 2.16 bits per heavy atom. The van der Waals surface area contributed by atoms with Gasteiger partial charge in [-0.25, -0.2) is 9.97 Å². The number of rotatable bonds is 12. The Balaban J connectivity index is 1.58. The number of nitrogens with one attached hydrogen (secondary N) is 2. The van der Waals surface area contributed by atoms with Gasteiger partial charge in [0.1, 0.15) is 24.4 Å². The smallest absolute Gasteiger partial charge is 0.239 e. The number of fused-ring (bicyclic) bond motifs is 1. The number of aromatic nitrogens is 4. The molecule has 0 aliphatic rings. The molecule has 166 valence electrons. The van der Waals surface area contributed by atoms with Crippen LogP contribution in [0.2, 0.25) is 0 Å². The number of carbonyl (C=O) groups excluding carboxylic acids is 1. The number of primary amides is 1. The molecule has 1 amide bonds. The standard InChI is InChI=1S/C21H29N7O3/c1-14(2)19(12-29)23-6-3-7-31-16-4-5-17-18(8-16)24-13-25-21(17)27-15-9-26-28(10-15)11-20(22)30/h4-5,8-10,13-14,19,23,29H,3,6-7,11-12H2,1-2H3,(H2,22,30)(H,24,25,27). The Morgan fingerprint density at radius 1 is 1.32 bits per heavy atom. The third kappa shape index (κ3) is 6.37. The van der Waals surface area contributed by atoms with E-state index in [2.05, 4.69) is 39.5 Å². The molecule has 0 radical (unpaired) electrons. The van der Waals surface area contributed by atoms with Gasteiger partial charge in [0.2, 0.25) is 5.91 Å². The van der Waals surface area contributed by atoms with Gasteiger partial charge >= 0.3 is 0 Å². The van der Waals surface area contributed by atoms with Gasteiger partial charge in [-0.15, -0.1) is 0 Å². The predicted molar refractivity (Wildman–Crippen MR) is 118 cm³/mol. The maximum absolute atomic E-state index is 11.0. The topological polar surface area (TPSA) is 140 Å². The number of aliphatic hydroxyl groups excluding tert-OH is 1. The molecule has 2 aromatic heterocycles. The minimum absolute atomic E-state index is 0.0144. The molecule has 0 bridgehead atoms. The van der Waals surface area contributed by atoms with E-state index in [-0.39, 0.29) is 19.2 Å². The second-order valence-electron chi connectivity index (χ2n) is 7.61. The number of nitrogens with zero attached hydrogens (tertiary/aromatic N) is 4. The van der Waals surface area contributed by atoms with Crippen LogP contribution in [0, 0.1) is 5.92 Å². The summed E-state index contributed by atoms with van der Waals surface area (Å²) in [6.07, 6.45) is 5.59. The van der Waals surface area contributed by atoms with E-state index < -0.39 is 5.91 Å². The maximum atomic E-state index is 11.0. The highest BCUT2D eigenvalue weighted by atomic mass is 16.5. The lowest BCUT2D eigenvalue weighted by Crippen LogP contribution is -2.37. The minimum Gasteiger partial charge on any atom is -0.493 e. The van der Waals surface area contributed by atoms with Gasteiger partial charge in [-0.1, -0.05) is 13.8 Å². The summed E-state index contributed by atoms with van der Waals surface area (Å²) in [5, 5.41) is 20.8. The molecular formula is C21H29N7O3. The van der Waals surface area contributed by atoms with Crippen LogP contribution in [0.3, 0.4) is 0 Å². The van der Waals surface area contributed by atoms with Crippen LogP contribution in [0.1, 0.15) is 20.3 Å². The van der Waals surface area contributed by atoms with Crippen LogP contribution in [0.5, 0.6) is 5.75 Å². The van der Waals surface area contributed by atoms with Crippen molar-refractivity contribution in [3.8, 4) is 5.75 Å². The summed E-state index contributed by atoms with van der Waals surface area (Å²) < 4.78 is 7.31. The molecule has 10 nitrogen and oxygen atoms in total. The van der Waals surface area contributed by atoms with Crippen molar-refractivity contribution < 1.29 is 14.6 Å². The zero-order valence-corrected chi connectivity index (χ0v) is 17.8. The van der Waals surface area contributed by atoms with Gasteiger partial charge in [0, 0.05) is 23.7 Å². The fourth-order valence-corrected chi connectivity index (χ4v) is 3.10. The maximum Gasteiger partial charge on any atom is 0.239 e.